The lowest BCUT2D eigenvalue weighted by Gasteiger charge is -2.14. The standard InChI is InChI=1S/C18H19FN2O3/c19-13-7-5-12(6-8-13)9-10-20-16(22)11-21-17(23)14-3-1-2-4-15(14)18(21)24/h1-2,5-8,14-15H,3-4,9-11H2,(H,20,22)/t14-,15-/m0/s1. The van der Waals surface area contributed by atoms with Gasteiger partial charge < -0.3 is 5.32 Å². The van der Waals surface area contributed by atoms with Gasteiger partial charge in [0.25, 0.3) is 0 Å². The summed E-state index contributed by atoms with van der Waals surface area (Å²) in [6.07, 6.45) is 5.52. The Bertz CT molecular complexity index is 658. The topological polar surface area (TPSA) is 66.5 Å². The number of carbonyl (C=O) groups excluding carboxylic acids is 3. The molecule has 1 aliphatic carbocycles. The lowest BCUT2D eigenvalue weighted by atomic mass is 9.85. The van der Waals surface area contributed by atoms with Crippen LogP contribution in [0.15, 0.2) is 36.4 Å². The lowest BCUT2D eigenvalue weighted by Crippen LogP contribution is -2.41. The molecule has 2 atom stereocenters. The van der Waals surface area contributed by atoms with Crippen molar-refractivity contribution < 1.29 is 18.8 Å². The van der Waals surface area contributed by atoms with Crippen molar-refractivity contribution in [1.82, 2.24) is 10.2 Å². The summed E-state index contributed by atoms with van der Waals surface area (Å²) in [7, 11) is 0. The van der Waals surface area contributed by atoms with Crippen molar-refractivity contribution >= 4 is 17.7 Å². The Balaban J connectivity index is 1.49. The van der Waals surface area contributed by atoms with Crippen LogP contribution in [0.2, 0.25) is 0 Å². The fraction of sp³-hybridized carbons (Fsp3) is 0.389. The summed E-state index contributed by atoms with van der Waals surface area (Å²) in [6, 6.07) is 6.06. The van der Waals surface area contributed by atoms with Gasteiger partial charge in [0.05, 0.1) is 11.8 Å². The third kappa shape index (κ3) is 3.37. The van der Waals surface area contributed by atoms with E-state index in [1.165, 1.54) is 12.1 Å². The minimum atomic E-state index is -0.356. The van der Waals surface area contributed by atoms with E-state index in [4.69, 9.17) is 0 Å². The average Bonchev–Trinajstić information content (AvgIpc) is 2.82. The maximum absolute atomic E-state index is 12.8. The summed E-state index contributed by atoms with van der Waals surface area (Å²) in [5, 5.41) is 2.70. The number of benzene rings is 1. The highest BCUT2D eigenvalue weighted by molar-refractivity contribution is 6.07. The highest BCUT2D eigenvalue weighted by atomic mass is 19.1. The molecule has 126 valence electrons. The van der Waals surface area contributed by atoms with Crippen LogP contribution in [0.25, 0.3) is 0 Å². The number of fused-ring (bicyclic) bond motifs is 1. The predicted octanol–water partition coefficient (Wildman–Crippen LogP) is 1.44. The lowest BCUT2D eigenvalue weighted by molar-refractivity contribution is -0.143. The maximum Gasteiger partial charge on any atom is 0.240 e. The first kappa shape index (κ1) is 16.4. The molecule has 0 saturated carbocycles. The van der Waals surface area contributed by atoms with Gasteiger partial charge in [-0.15, -0.1) is 0 Å². The third-order valence-electron chi connectivity index (χ3n) is 4.55. The van der Waals surface area contributed by atoms with Crippen molar-refractivity contribution in [1.29, 1.82) is 0 Å². The van der Waals surface area contributed by atoms with Crippen molar-refractivity contribution in [3.05, 3.63) is 47.8 Å². The van der Waals surface area contributed by atoms with Crippen molar-refractivity contribution in [3.63, 3.8) is 0 Å². The molecule has 2 aliphatic rings. The molecule has 1 aromatic rings. The molecule has 1 fully saturated rings. The van der Waals surface area contributed by atoms with Crippen molar-refractivity contribution in [2.45, 2.75) is 19.3 Å². The van der Waals surface area contributed by atoms with E-state index < -0.39 is 0 Å². The molecule has 0 radical (unpaired) electrons. The van der Waals surface area contributed by atoms with Gasteiger partial charge in [-0.2, -0.15) is 0 Å². The molecule has 1 N–H and O–H groups in total. The van der Waals surface area contributed by atoms with E-state index in [-0.39, 0.29) is 41.9 Å². The van der Waals surface area contributed by atoms with Gasteiger partial charge in [-0.05, 0) is 37.0 Å². The summed E-state index contributed by atoms with van der Waals surface area (Å²) in [5.74, 6) is -1.77. The highest BCUT2D eigenvalue weighted by Crippen LogP contribution is 2.34. The molecule has 6 heteroatoms. The van der Waals surface area contributed by atoms with Gasteiger partial charge in [0, 0.05) is 6.54 Å². The fourth-order valence-corrected chi connectivity index (χ4v) is 3.22. The summed E-state index contributed by atoms with van der Waals surface area (Å²) < 4.78 is 12.8. The molecule has 3 rings (SSSR count). The molecule has 0 aromatic heterocycles. The number of nitrogens with zero attached hydrogens (tertiary/aromatic N) is 1. The third-order valence-corrected chi connectivity index (χ3v) is 4.55. The molecule has 0 unspecified atom stereocenters. The molecule has 1 aromatic carbocycles. The number of rotatable bonds is 5. The van der Waals surface area contributed by atoms with Crippen LogP contribution < -0.4 is 5.32 Å². The molecule has 0 spiro atoms. The van der Waals surface area contributed by atoms with Crippen LogP contribution in [0, 0.1) is 17.7 Å². The second kappa shape index (κ2) is 6.95. The van der Waals surface area contributed by atoms with E-state index >= 15 is 0 Å². The normalized spacial score (nSPS) is 22.6. The molecule has 0 bridgehead atoms. The van der Waals surface area contributed by atoms with E-state index in [0.29, 0.717) is 25.8 Å². The number of nitrogens with one attached hydrogen (secondary N) is 1. The van der Waals surface area contributed by atoms with Crippen LogP contribution in [-0.2, 0) is 20.8 Å². The number of carbonyl (C=O) groups is 3. The zero-order valence-electron chi connectivity index (χ0n) is 13.2. The second-order valence-corrected chi connectivity index (χ2v) is 6.14. The molecule has 1 heterocycles. The van der Waals surface area contributed by atoms with Gasteiger partial charge in [-0.25, -0.2) is 4.39 Å². The van der Waals surface area contributed by atoms with E-state index in [2.05, 4.69) is 5.32 Å². The number of allylic oxidation sites excluding steroid dienone is 2. The number of likely N-dealkylation sites (tertiary alicyclic amines) is 1. The summed E-state index contributed by atoms with van der Waals surface area (Å²) in [6.45, 7) is 0.142. The monoisotopic (exact) mass is 330 g/mol. The van der Waals surface area contributed by atoms with Crippen molar-refractivity contribution in [2.75, 3.05) is 13.1 Å². The van der Waals surface area contributed by atoms with E-state index in [0.717, 1.165) is 10.5 Å². The average molecular weight is 330 g/mol. The number of hydrogen-bond donors (Lipinski definition) is 1. The maximum atomic E-state index is 12.8. The smallest absolute Gasteiger partial charge is 0.240 e. The predicted molar refractivity (Wildman–Crippen MR) is 85.2 cm³/mol. The Kier molecular flexibility index (Phi) is 4.74. The highest BCUT2D eigenvalue weighted by Gasteiger charge is 2.47. The van der Waals surface area contributed by atoms with Crippen LogP contribution in [0.3, 0.4) is 0 Å². The van der Waals surface area contributed by atoms with Crippen LogP contribution in [0.1, 0.15) is 18.4 Å². The Morgan fingerprint density at radius 2 is 1.67 bits per heavy atom. The van der Waals surface area contributed by atoms with Gasteiger partial charge in [0.15, 0.2) is 0 Å². The molecular formula is C18H19FN2O3. The van der Waals surface area contributed by atoms with E-state index in [1.807, 2.05) is 12.2 Å². The zero-order chi connectivity index (χ0) is 17.1. The van der Waals surface area contributed by atoms with Gasteiger partial charge in [0.2, 0.25) is 17.7 Å². The quantitative estimate of drug-likeness (QED) is 0.656. The Hall–Kier alpha value is -2.50. The minimum absolute atomic E-state index is 0.228. The molecule has 24 heavy (non-hydrogen) atoms. The number of imide groups is 1. The zero-order valence-corrected chi connectivity index (χ0v) is 13.2. The van der Waals surface area contributed by atoms with Gasteiger partial charge in [-0.3, -0.25) is 19.3 Å². The van der Waals surface area contributed by atoms with E-state index in [9.17, 15) is 18.8 Å². The molecule has 5 nitrogen and oxygen atoms in total. The SMILES string of the molecule is O=C(CN1C(=O)[C@H]2CC=CC[C@@H]2C1=O)NCCc1ccc(F)cc1. The Labute approximate surface area is 139 Å². The number of hydrogen-bond acceptors (Lipinski definition) is 3. The number of halogens is 1. The molecule has 1 saturated heterocycles. The summed E-state index contributed by atoms with van der Waals surface area (Å²) in [5.41, 5.74) is 0.905. The van der Waals surface area contributed by atoms with E-state index in [1.54, 1.807) is 12.1 Å². The van der Waals surface area contributed by atoms with Gasteiger partial charge in [-0.1, -0.05) is 24.3 Å². The Morgan fingerprint density at radius 3 is 2.25 bits per heavy atom. The second-order valence-electron chi connectivity index (χ2n) is 6.14. The first-order valence-corrected chi connectivity index (χ1v) is 8.07. The van der Waals surface area contributed by atoms with Crippen LogP contribution in [0.4, 0.5) is 4.39 Å². The minimum Gasteiger partial charge on any atom is -0.354 e. The van der Waals surface area contributed by atoms with Crippen LogP contribution >= 0.6 is 0 Å². The van der Waals surface area contributed by atoms with Crippen LogP contribution in [-0.4, -0.2) is 35.7 Å². The largest absolute Gasteiger partial charge is 0.354 e. The first-order valence-electron chi connectivity index (χ1n) is 8.07. The van der Waals surface area contributed by atoms with Gasteiger partial charge in [0.1, 0.15) is 12.4 Å². The summed E-state index contributed by atoms with van der Waals surface area (Å²) in [4.78, 5) is 37.6. The van der Waals surface area contributed by atoms with Crippen LogP contribution in [0.5, 0.6) is 0 Å². The summed E-state index contributed by atoms with van der Waals surface area (Å²) >= 11 is 0. The number of amides is 3. The molecular weight excluding hydrogens is 311 g/mol. The van der Waals surface area contributed by atoms with Crippen molar-refractivity contribution in [3.8, 4) is 0 Å². The van der Waals surface area contributed by atoms with Gasteiger partial charge >= 0.3 is 0 Å². The first-order chi connectivity index (χ1) is 11.6. The molecule has 3 amide bonds. The fourth-order valence-electron chi connectivity index (χ4n) is 3.22. The molecule has 1 aliphatic heterocycles. The Morgan fingerprint density at radius 1 is 1.08 bits per heavy atom. The van der Waals surface area contributed by atoms with Crippen molar-refractivity contribution in [2.24, 2.45) is 11.8 Å².